The first-order chi connectivity index (χ1) is 13.3. The van der Waals surface area contributed by atoms with Crippen LogP contribution in [0.15, 0.2) is 34.4 Å². The Kier molecular flexibility index (Phi) is 4.36. The average Bonchev–Trinajstić information content (AvgIpc) is 3.31. The van der Waals surface area contributed by atoms with E-state index in [-0.39, 0.29) is 0 Å². The molecule has 1 saturated carbocycles. The smallest absolute Gasteiger partial charge is 0.190 e. The van der Waals surface area contributed by atoms with Gasteiger partial charge in [-0.2, -0.15) is 0 Å². The first kappa shape index (κ1) is 16.8. The van der Waals surface area contributed by atoms with Crippen LogP contribution in [0.2, 0.25) is 0 Å². The van der Waals surface area contributed by atoms with Crippen LogP contribution in [0.5, 0.6) is 0 Å². The van der Waals surface area contributed by atoms with Crippen LogP contribution in [0, 0.1) is 0 Å². The lowest BCUT2D eigenvalue weighted by molar-refractivity contribution is 0.405. The Balaban J connectivity index is 1.34. The van der Waals surface area contributed by atoms with Crippen molar-refractivity contribution in [3.05, 3.63) is 40.4 Å². The largest absolute Gasteiger partial charge is 0.303 e. The summed E-state index contributed by atoms with van der Waals surface area (Å²) in [6, 6.07) is 8.86. The topological polar surface area (TPSA) is 53.4 Å². The zero-order valence-electron chi connectivity index (χ0n) is 15.3. The van der Waals surface area contributed by atoms with Gasteiger partial charge in [-0.1, -0.05) is 55.8 Å². The highest BCUT2D eigenvalue weighted by Gasteiger charge is 2.26. The zero-order valence-corrected chi connectivity index (χ0v) is 16.1. The number of nitrogens with one attached hydrogen (secondary N) is 1. The summed E-state index contributed by atoms with van der Waals surface area (Å²) in [5, 5.41) is 4.84. The van der Waals surface area contributed by atoms with Gasteiger partial charge in [-0.05, 0) is 24.5 Å². The molecule has 0 amide bonds. The highest BCUT2D eigenvalue weighted by Crippen LogP contribution is 2.29. The molecule has 5 nitrogen and oxygen atoms in total. The number of hydrogen-bond acceptors (Lipinski definition) is 6. The molecular formula is C21H23N5S. The third kappa shape index (κ3) is 3.23. The van der Waals surface area contributed by atoms with Crippen LogP contribution in [-0.2, 0) is 6.42 Å². The number of rotatable bonds is 4. The second kappa shape index (κ2) is 7.00. The third-order valence-corrected chi connectivity index (χ3v) is 6.45. The van der Waals surface area contributed by atoms with Crippen molar-refractivity contribution in [1.82, 2.24) is 15.4 Å². The van der Waals surface area contributed by atoms with E-state index in [2.05, 4.69) is 40.2 Å². The van der Waals surface area contributed by atoms with Gasteiger partial charge in [0.05, 0.1) is 22.3 Å². The fourth-order valence-corrected chi connectivity index (χ4v) is 4.91. The minimum Gasteiger partial charge on any atom is -0.303 e. The monoisotopic (exact) mass is 377 g/mol. The minimum absolute atomic E-state index is 0.511. The number of thioether (sulfide) groups is 1. The van der Waals surface area contributed by atoms with Gasteiger partial charge in [-0.25, -0.2) is 9.97 Å². The van der Waals surface area contributed by atoms with E-state index in [9.17, 15) is 0 Å². The first-order valence-electron chi connectivity index (χ1n) is 9.68. The third-order valence-electron chi connectivity index (χ3n) is 5.53. The summed E-state index contributed by atoms with van der Waals surface area (Å²) >= 11 is 1.66. The summed E-state index contributed by atoms with van der Waals surface area (Å²) in [5.74, 6) is 1.80. The lowest BCUT2D eigenvalue weighted by Gasteiger charge is -2.32. The second-order valence-electron chi connectivity index (χ2n) is 7.40. The molecule has 3 heterocycles. The van der Waals surface area contributed by atoms with Gasteiger partial charge in [0.15, 0.2) is 11.0 Å². The summed E-state index contributed by atoms with van der Waals surface area (Å²) in [7, 11) is 0. The Labute approximate surface area is 163 Å². The number of aliphatic imine (C=N–C) groups is 1. The maximum Gasteiger partial charge on any atom is 0.190 e. The SMILES string of the molecule is C=c1nc(SCC2=Nc3ccccc3C2)nc2c1=CNN2C1CCCCC1. The molecule has 138 valence electrons. The van der Waals surface area contributed by atoms with Crippen LogP contribution < -0.4 is 21.0 Å². The maximum absolute atomic E-state index is 4.87. The highest BCUT2D eigenvalue weighted by atomic mass is 32.2. The van der Waals surface area contributed by atoms with Crippen LogP contribution >= 0.6 is 11.8 Å². The van der Waals surface area contributed by atoms with E-state index in [1.165, 1.54) is 43.4 Å². The molecular weight excluding hydrogens is 354 g/mol. The van der Waals surface area contributed by atoms with E-state index >= 15 is 0 Å². The van der Waals surface area contributed by atoms with Crippen molar-refractivity contribution in [3.8, 4) is 0 Å². The van der Waals surface area contributed by atoms with Gasteiger partial charge in [-0.3, -0.25) is 10.0 Å². The fourth-order valence-electron chi connectivity index (χ4n) is 4.12. The van der Waals surface area contributed by atoms with Crippen molar-refractivity contribution in [2.75, 3.05) is 10.8 Å². The molecule has 1 aliphatic carbocycles. The van der Waals surface area contributed by atoms with Crippen molar-refractivity contribution in [1.29, 1.82) is 0 Å². The molecule has 0 spiro atoms. The Morgan fingerprint density at radius 1 is 1.15 bits per heavy atom. The van der Waals surface area contributed by atoms with E-state index in [0.29, 0.717) is 6.04 Å². The van der Waals surface area contributed by atoms with Gasteiger partial charge in [0.25, 0.3) is 0 Å². The number of benzene rings is 1. The molecule has 27 heavy (non-hydrogen) atoms. The van der Waals surface area contributed by atoms with Gasteiger partial charge >= 0.3 is 0 Å². The number of nitrogens with zero attached hydrogens (tertiary/aromatic N) is 4. The Hall–Kier alpha value is -2.34. The fraction of sp³-hybridized carbons (Fsp3) is 0.381. The summed E-state index contributed by atoms with van der Waals surface area (Å²) in [6.45, 7) is 4.15. The van der Waals surface area contributed by atoms with Crippen LogP contribution in [0.3, 0.4) is 0 Å². The molecule has 2 aliphatic heterocycles. The number of anilines is 1. The zero-order chi connectivity index (χ0) is 18.2. The Bertz CT molecular complexity index is 1010. The summed E-state index contributed by atoms with van der Waals surface area (Å²) in [5.41, 5.74) is 7.00. The molecule has 1 aromatic heterocycles. The highest BCUT2D eigenvalue weighted by molar-refractivity contribution is 7.99. The molecule has 0 saturated heterocycles. The molecule has 0 bridgehead atoms. The lowest BCUT2D eigenvalue weighted by Crippen LogP contribution is -2.43. The molecule has 1 N–H and O–H groups in total. The molecule has 3 aliphatic rings. The van der Waals surface area contributed by atoms with Crippen LogP contribution in [0.4, 0.5) is 11.5 Å². The van der Waals surface area contributed by atoms with Crippen molar-refractivity contribution < 1.29 is 0 Å². The number of fused-ring (bicyclic) bond motifs is 2. The predicted octanol–water partition coefficient (Wildman–Crippen LogP) is 2.70. The summed E-state index contributed by atoms with van der Waals surface area (Å²) in [4.78, 5) is 14.2. The lowest BCUT2D eigenvalue weighted by atomic mass is 9.95. The van der Waals surface area contributed by atoms with Gasteiger partial charge in [0.2, 0.25) is 0 Å². The van der Waals surface area contributed by atoms with E-state index in [0.717, 1.165) is 39.4 Å². The van der Waals surface area contributed by atoms with Crippen molar-refractivity contribution in [2.24, 2.45) is 4.99 Å². The number of aromatic nitrogens is 2. The normalized spacial score (nSPS) is 18.5. The quantitative estimate of drug-likeness (QED) is 0.656. The van der Waals surface area contributed by atoms with Gasteiger partial charge in [0, 0.05) is 24.1 Å². The number of hydrazine groups is 1. The van der Waals surface area contributed by atoms with E-state index in [4.69, 9.17) is 9.98 Å². The van der Waals surface area contributed by atoms with E-state index < -0.39 is 0 Å². The molecule has 5 rings (SSSR count). The van der Waals surface area contributed by atoms with Crippen LogP contribution in [-0.4, -0.2) is 27.5 Å². The van der Waals surface area contributed by atoms with Crippen molar-refractivity contribution in [3.63, 3.8) is 0 Å². The van der Waals surface area contributed by atoms with Crippen molar-refractivity contribution >= 4 is 41.8 Å². The van der Waals surface area contributed by atoms with Crippen LogP contribution in [0.1, 0.15) is 37.7 Å². The van der Waals surface area contributed by atoms with Crippen molar-refractivity contribution in [2.45, 2.75) is 49.7 Å². The molecule has 6 heteroatoms. The summed E-state index contributed by atoms with van der Waals surface area (Å²) in [6.07, 6.45) is 9.29. The average molecular weight is 378 g/mol. The van der Waals surface area contributed by atoms with Gasteiger partial charge in [0.1, 0.15) is 0 Å². The molecule has 0 unspecified atom stereocenters. The van der Waals surface area contributed by atoms with Gasteiger partial charge in [-0.15, -0.1) is 0 Å². The first-order valence-corrected chi connectivity index (χ1v) is 10.7. The molecule has 2 aromatic rings. The van der Waals surface area contributed by atoms with Crippen LogP contribution in [0.25, 0.3) is 12.8 Å². The number of hydrogen-bond donors (Lipinski definition) is 1. The van der Waals surface area contributed by atoms with Gasteiger partial charge < -0.3 is 5.43 Å². The van der Waals surface area contributed by atoms with E-state index in [1.54, 1.807) is 11.8 Å². The standard InChI is InChI=1S/C21H23N5S/c1-14-18-12-22-26(17-8-3-2-4-9-17)20(18)25-21(23-14)27-13-16-11-15-7-5-6-10-19(15)24-16/h5-7,10,12,17,22H,1-4,8-9,11,13H2. The Morgan fingerprint density at radius 3 is 2.85 bits per heavy atom. The molecule has 0 radical (unpaired) electrons. The molecule has 0 atom stereocenters. The predicted molar refractivity (Wildman–Crippen MR) is 112 cm³/mol. The van der Waals surface area contributed by atoms with E-state index in [1.807, 2.05) is 12.3 Å². The maximum atomic E-state index is 4.87. The Morgan fingerprint density at radius 2 is 2.00 bits per heavy atom. The molecule has 1 aromatic carbocycles. The second-order valence-corrected chi connectivity index (χ2v) is 8.34. The minimum atomic E-state index is 0.511. The number of para-hydroxylation sites is 1. The summed E-state index contributed by atoms with van der Waals surface area (Å²) < 4.78 is 0. The molecule has 1 fully saturated rings.